The van der Waals surface area contributed by atoms with Crippen molar-refractivity contribution in [2.75, 3.05) is 6.61 Å². The molecule has 0 saturated carbocycles. The lowest BCUT2D eigenvalue weighted by Gasteiger charge is -2.20. The van der Waals surface area contributed by atoms with Crippen molar-refractivity contribution in [3.05, 3.63) is 96.1 Å². The third kappa shape index (κ3) is 3.76. The van der Waals surface area contributed by atoms with Gasteiger partial charge >= 0.3 is 7.12 Å². The van der Waals surface area contributed by atoms with Crippen LogP contribution in [0.1, 0.15) is 17.2 Å². The minimum atomic E-state index is -0.423. The van der Waals surface area contributed by atoms with Crippen LogP contribution in [0.15, 0.2) is 84.9 Å². The maximum atomic E-state index is 6.22. The fraction of sp³-hybridized carbons (Fsp3) is 0.143. The van der Waals surface area contributed by atoms with E-state index in [1.54, 1.807) is 0 Å². The van der Waals surface area contributed by atoms with Crippen LogP contribution in [0.3, 0.4) is 0 Å². The van der Waals surface area contributed by atoms with Crippen LogP contribution in [0, 0.1) is 0 Å². The molecule has 0 spiro atoms. The Morgan fingerprint density at radius 3 is 2.28 bits per heavy atom. The molecule has 4 heteroatoms. The molecule has 1 heterocycles. The molecule has 1 aliphatic rings. The van der Waals surface area contributed by atoms with E-state index >= 15 is 0 Å². The molecule has 0 bridgehead atoms. The molecule has 4 rings (SSSR count). The molecule has 1 atom stereocenters. The lowest BCUT2D eigenvalue weighted by atomic mass is 9.78. The maximum absolute atomic E-state index is 6.22. The molecule has 3 aromatic rings. The van der Waals surface area contributed by atoms with Gasteiger partial charge in [0, 0.05) is 12.1 Å². The Morgan fingerprint density at radius 2 is 1.48 bits per heavy atom. The van der Waals surface area contributed by atoms with Gasteiger partial charge in [0.1, 0.15) is 5.75 Å². The SMILES string of the molecule is c1ccc(B2OC[C@@H](c3ccccc3)NCc3ccccc3O2)cc1. The van der Waals surface area contributed by atoms with E-state index in [9.17, 15) is 0 Å². The summed E-state index contributed by atoms with van der Waals surface area (Å²) in [6.07, 6.45) is 0. The molecule has 0 amide bonds. The molecule has 0 fully saturated rings. The average molecular weight is 329 g/mol. The van der Waals surface area contributed by atoms with Crippen LogP contribution in [-0.2, 0) is 11.2 Å². The lowest BCUT2D eigenvalue weighted by Crippen LogP contribution is -2.41. The molecule has 0 saturated heterocycles. The van der Waals surface area contributed by atoms with E-state index in [-0.39, 0.29) is 6.04 Å². The summed E-state index contributed by atoms with van der Waals surface area (Å²) < 4.78 is 12.4. The van der Waals surface area contributed by atoms with E-state index < -0.39 is 7.12 Å². The maximum Gasteiger partial charge on any atom is 0.562 e. The van der Waals surface area contributed by atoms with Crippen LogP contribution >= 0.6 is 0 Å². The number of para-hydroxylation sites is 1. The number of fused-ring (bicyclic) bond motifs is 1. The van der Waals surface area contributed by atoms with Crippen LogP contribution < -0.4 is 15.4 Å². The van der Waals surface area contributed by atoms with Gasteiger partial charge in [-0.25, -0.2) is 0 Å². The van der Waals surface area contributed by atoms with Crippen LogP contribution in [0.5, 0.6) is 5.75 Å². The Morgan fingerprint density at radius 1 is 0.800 bits per heavy atom. The summed E-state index contributed by atoms with van der Waals surface area (Å²) in [5.74, 6) is 0.859. The Bertz CT molecular complexity index is 810. The number of nitrogens with one attached hydrogen (secondary N) is 1. The summed E-state index contributed by atoms with van der Waals surface area (Å²) in [5, 5.41) is 3.60. The van der Waals surface area contributed by atoms with Gasteiger partial charge in [0.2, 0.25) is 0 Å². The molecule has 1 N–H and O–H groups in total. The van der Waals surface area contributed by atoms with Crippen molar-refractivity contribution >= 4 is 12.6 Å². The van der Waals surface area contributed by atoms with Gasteiger partial charge in [-0.2, -0.15) is 0 Å². The molecule has 124 valence electrons. The lowest BCUT2D eigenvalue weighted by molar-refractivity contribution is 0.241. The van der Waals surface area contributed by atoms with Crippen LogP contribution in [0.25, 0.3) is 0 Å². The first kappa shape index (κ1) is 15.9. The zero-order valence-corrected chi connectivity index (χ0v) is 14.0. The molecule has 25 heavy (non-hydrogen) atoms. The smallest absolute Gasteiger partial charge is 0.532 e. The molecule has 0 unspecified atom stereocenters. The highest BCUT2D eigenvalue weighted by molar-refractivity contribution is 6.62. The standard InChI is InChI=1S/C21H20BNO2/c1-3-9-17(10-4-1)20-16-24-22(19-12-5-2-6-13-19)25-21-14-8-7-11-18(21)15-23-20/h1-14,20,23H,15-16H2/t20-/m0/s1. The molecule has 0 aromatic heterocycles. The topological polar surface area (TPSA) is 30.5 Å². The fourth-order valence-corrected chi connectivity index (χ4v) is 3.06. The van der Waals surface area contributed by atoms with Crippen molar-refractivity contribution in [2.24, 2.45) is 0 Å². The van der Waals surface area contributed by atoms with Gasteiger partial charge in [0.05, 0.1) is 12.6 Å². The predicted octanol–water partition coefficient (Wildman–Crippen LogP) is 3.32. The minimum absolute atomic E-state index is 0.113. The van der Waals surface area contributed by atoms with E-state index in [0.717, 1.165) is 23.3 Å². The van der Waals surface area contributed by atoms with Gasteiger partial charge in [-0.1, -0.05) is 78.9 Å². The first-order chi connectivity index (χ1) is 12.4. The molecule has 0 aliphatic carbocycles. The van der Waals surface area contributed by atoms with E-state index in [0.29, 0.717) is 6.61 Å². The van der Waals surface area contributed by atoms with Crippen LogP contribution in [-0.4, -0.2) is 13.7 Å². The highest BCUT2D eigenvalue weighted by Gasteiger charge is 2.28. The Labute approximate surface area is 148 Å². The molecular weight excluding hydrogens is 309 g/mol. The zero-order chi connectivity index (χ0) is 16.9. The summed E-state index contributed by atoms with van der Waals surface area (Å²) in [7, 11) is -0.423. The first-order valence-corrected chi connectivity index (χ1v) is 8.59. The second kappa shape index (κ2) is 7.56. The normalized spacial score (nSPS) is 17.6. The van der Waals surface area contributed by atoms with E-state index in [1.807, 2.05) is 54.6 Å². The number of benzene rings is 3. The van der Waals surface area contributed by atoms with Gasteiger partial charge in [-0.15, -0.1) is 0 Å². The number of hydrogen-bond acceptors (Lipinski definition) is 3. The zero-order valence-electron chi connectivity index (χ0n) is 14.0. The van der Waals surface area contributed by atoms with Crippen LogP contribution in [0.2, 0.25) is 0 Å². The Hall–Kier alpha value is -2.56. The predicted molar refractivity (Wildman–Crippen MR) is 101 cm³/mol. The largest absolute Gasteiger partial charge is 0.562 e. The van der Waals surface area contributed by atoms with E-state index in [2.05, 4.69) is 35.6 Å². The quantitative estimate of drug-likeness (QED) is 0.732. The third-order valence-electron chi connectivity index (χ3n) is 4.43. The highest BCUT2D eigenvalue weighted by Crippen LogP contribution is 2.23. The van der Waals surface area contributed by atoms with Crippen molar-refractivity contribution in [1.82, 2.24) is 5.32 Å². The third-order valence-corrected chi connectivity index (χ3v) is 4.43. The summed E-state index contributed by atoms with van der Waals surface area (Å²) in [6.45, 7) is 1.28. The molecule has 3 nitrogen and oxygen atoms in total. The number of hydrogen-bond donors (Lipinski definition) is 1. The fourth-order valence-electron chi connectivity index (χ4n) is 3.06. The van der Waals surface area contributed by atoms with E-state index in [4.69, 9.17) is 9.31 Å². The Kier molecular flexibility index (Phi) is 4.82. The van der Waals surface area contributed by atoms with Crippen molar-refractivity contribution in [3.63, 3.8) is 0 Å². The van der Waals surface area contributed by atoms with Crippen molar-refractivity contribution < 1.29 is 9.31 Å². The van der Waals surface area contributed by atoms with Gasteiger partial charge in [0.25, 0.3) is 0 Å². The van der Waals surface area contributed by atoms with Crippen molar-refractivity contribution in [2.45, 2.75) is 12.6 Å². The summed E-state index contributed by atoms with van der Waals surface area (Å²) in [4.78, 5) is 0. The van der Waals surface area contributed by atoms with Gasteiger partial charge in [-0.05, 0) is 17.1 Å². The number of rotatable bonds is 2. The summed E-state index contributed by atoms with van der Waals surface area (Å²) in [5.41, 5.74) is 3.37. The molecule has 3 aromatic carbocycles. The highest BCUT2D eigenvalue weighted by atomic mass is 16.6. The van der Waals surface area contributed by atoms with Crippen molar-refractivity contribution in [3.8, 4) is 5.75 Å². The summed E-state index contributed by atoms with van der Waals surface area (Å²) >= 11 is 0. The van der Waals surface area contributed by atoms with Gasteiger partial charge in [0.15, 0.2) is 0 Å². The summed E-state index contributed by atoms with van der Waals surface area (Å²) in [6, 6.07) is 28.7. The van der Waals surface area contributed by atoms with Crippen molar-refractivity contribution in [1.29, 1.82) is 0 Å². The second-order valence-corrected chi connectivity index (χ2v) is 6.15. The van der Waals surface area contributed by atoms with E-state index in [1.165, 1.54) is 5.56 Å². The molecular formula is C21H20BNO2. The minimum Gasteiger partial charge on any atom is -0.532 e. The van der Waals surface area contributed by atoms with Gasteiger partial charge in [-0.3, -0.25) is 0 Å². The van der Waals surface area contributed by atoms with Crippen LogP contribution in [0.4, 0.5) is 0 Å². The second-order valence-electron chi connectivity index (χ2n) is 6.15. The average Bonchev–Trinajstić information content (AvgIpc) is 2.78. The monoisotopic (exact) mass is 329 g/mol. The Balaban J connectivity index is 1.67. The first-order valence-electron chi connectivity index (χ1n) is 8.59. The molecule has 0 radical (unpaired) electrons. The molecule has 1 aliphatic heterocycles. The van der Waals surface area contributed by atoms with Gasteiger partial charge < -0.3 is 14.6 Å².